The summed E-state index contributed by atoms with van der Waals surface area (Å²) in [6.07, 6.45) is -59.6. The van der Waals surface area contributed by atoms with Crippen LogP contribution in [0, 0.1) is 0 Å². The lowest BCUT2D eigenvalue weighted by Gasteiger charge is -2.38. The van der Waals surface area contributed by atoms with Crippen molar-refractivity contribution >= 4 is 5.91 Å². The molecular formula is C14H8F19NO6. The van der Waals surface area contributed by atoms with Gasteiger partial charge in [-0.3, -0.25) is 9.53 Å². The van der Waals surface area contributed by atoms with Crippen molar-refractivity contribution in [2.45, 2.75) is 55.0 Å². The van der Waals surface area contributed by atoms with Crippen LogP contribution >= 0.6 is 0 Å². The minimum atomic E-state index is -7.80. The quantitative estimate of drug-likeness (QED) is 0.287. The van der Waals surface area contributed by atoms with E-state index in [9.17, 15) is 88.2 Å². The molecule has 1 saturated heterocycles. The van der Waals surface area contributed by atoms with Gasteiger partial charge in [-0.1, -0.05) is 0 Å². The molecule has 0 saturated carbocycles. The summed E-state index contributed by atoms with van der Waals surface area (Å²) in [7, 11) is 0. The van der Waals surface area contributed by atoms with Gasteiger partial charge in [0.25, 0.3) is 5.91 Å². The number of carbonyl (C=O) groups excluding carboxylic acids is 1. The van der Waals surface area contributed by atoms with Crippen molar-refractivity contribution in [2.24, 2.45) is 0 Å². The molecule has 26 heteroatoms. The van der Waals surface area contributed by atoms with Gasteiger partial charge in [0.1, 0.15) is 0 Å². The molecular weight excluding hydrogens is 639 g/mol. The molecule has 1 aliphatic rings. The molecule has 1 amide bonds. The Balaban J connectivity index is 3.31. The van der Waals surface area contributed by atoms with Gasteiger partial charge in [0.05, 0.1) is 13.2 Å². The highest BCUT2D eigenvalue weighted by Gasteiger charge is 2.79. The number of morpholine rings is 1. The van der Waals surface area contributed by atoms with E-state index in [1.165, 1.54) is 14.2 Å². The number of carbonyl (C=O) groups is 1. The van der Waals surface area contributed by atoms with Crippen molar-refractivity contribution in [2.75, 3.05) is 26.3 Å². The highest BCUT2D eigenvalue weighted by Crippen LogP contribution is 2.52. The Morgan fingerprint density at radius 3 is 1.10 bits per heavy atom. The molecule has 0 spiro atoms. The van der Waals surface area contributed by atoms with Gasteiger partial charge < -0.3 is 9.64 Å². The average molecular weight is 647 g/mol. The summed E-state index contributed by atoms with van der Waals surface area (Å²) in [5, 5.41) is 0. The van der Waals surface area contributed by atoms with Crippen molar-refractivity contribution in [3.8, 4) is 0 Å². The second-order valence-corrected chi connectivity index (χ2v) is 6.95. The minimum absolute atomic E-state index is 0.312. The van der Waals surface area contributed by atoms with Crippen LogP contribution in [0.3, 0.4) is 0 Å². The van der Waals surface area contributed by atoms with E-state index in [0.717, 1.165) is 0 Å². The fraction of sp³-hybridized carbons (Fsp3) is 0.929. The molecule has 0 N–H and O–H groups in total. The van der Waals surface area contributed by atoms with Gasteiger partial charge >= 0.3 is 55.0 Å². The van der Waals surface area contributed by atoms with Crippen LogP contribution in [0.5, 0.6) is 0 Å². The summed E-state index contributed by atoms with van der Waals surface area (Å²) in [6.45, 7) is -3.43. The first-order valence-corrected chi connectivity index (χ1v) is 9.11. The highest BCUT2D eigenvalue weighted by atomic mass is 19.4. The van der Waals surface area contributed by atoms with Crippen molar-refractivity contribution in [3.63, 3.8) is 0 Å². The number of alkyl halides is 19. The molecule has 1 aliphatic heterocycles. The maximum absolute atomic E-state index is 14.4. The SMILES string of the molecule is O=C(N1CCOCC1)C(F)(OC(F)(F)C(F)(F)OC(F)(F)C(F)(F)OC(F)(F)C(F)(F)OC(F)(F)F)C(F)(F)F. The fourth-order valence-electron chi connectivity index (χ4n) is 2.19. The van der Waals surface area contributed by atoms with Crippen molar-refractivity contribution in [1.82, 2.24) is 4.90 Å². The van der Waals surface area contributed by atoms with Crippen LogP contribution in [0.15, 0.2) is 0 Å². The predicted molar refractivity (Wildman–Crippen MR) is 77.4 cm³/mol. The first-order valence-electron chi connectivity index (χ1n) is 9.11. The van der Waals surface area contributed by atoms with E-state index in [4.69, 9.17) is 0 Å². The molecule has 0 aromatic rings. The molecule has 0 aliphatic carbocycles. The lowest BCUT2D eigenvalue weighted by molar-refractivity contribution is -0.580. The zero-order valence-corrected chi connectivity index (χ0v) is 17.9. The largest absolute Gasteiger partial charge is 0.527 e. The number of amides is 1. The summed E-state index contributed by atoms with van der Waals surface area (Å²) >= 11 is 0. The van der Waals surface area contributed by atoms with Crippen LogP contribution in [0.4, 0.5) is 83.4 Å². The Morgan fingerprint density at radius 1 is 0.500 bits per heavy atom. The Labute approximate surface area is 205 Å². The van der Waals surface area contributed by atoms with Crippen molar-refractivity contribution < 1.29 is 112 Å². The number of halogens is 19. The van der Waals surface area contributed by atoms with E-state index in [0.29, 0.717) is 0 Å². The molecule has 0 aromatic heterocycles. The fourth-order valence-corrected chi connectivity index (χ4v) is 2.19. The third-order valence-corrected chi connectivity index (χ3v) is 3.98. The highest BCUT2D eigenvalue weighted by molar-refractivity contribution is 5.84. The zero-order valence-electron chi connectivity index (χ0n) is 17.9. The summed E-state index contributed by atoms with van der Waals surface area (Å²) < 4.78 is 259. The van der Waals surface area contributed by atoms with Gasteiger partial charge in [0.2, 0.25) is 0 Å². The minimum Gasteiger partial charge on any atom is -0.378 e. The maximum Gasteiger partial charge on any atom is 0.527 e. The summed E-state index contributed by atoms with van der Waals surface area (Å²) in [5.41, 5.74) is 0. The first-order chi connectivity index (χ1) is 17.3. The summed E-state index contributed by atoms with van der Waals surface area (Å²) in [4.78, 5) is 11.5. The average Bonchev–Trinajstić information content (AvgIpc) is 2.69. The van der Waals surface area contributed by atoms with Gasteiger partial charge in [0, 0.05) is 13.1 Å². The van der Waals surface area contributed by atoms with Gasteiger partial charge in [-0.15, -0.1) is 13.2 Å². The second kappa shape index (κ2) is 10.6. The number of nitrogens with zero attached hydrogens (tertiary/aromatic N) is 1. The second-order valence-electron chi connectivity index (χ2n) is 6.95. The van der Waals surface area contributed by atoms with Crippen molar-refractivity contribution in [3.05, 3.63) is 0 Å². The maximum atomic E-state index is 14.4. The molecule has 40 heavy (non-hydrogen) atoms. The molecule has 0 bridgehead atoms. The van der Waals surface area contributed by atoms with E-state index in [2.05, 4.69) is 9.47 Å². The Bertz CT molecular complexity index is 899. The first kappa shape index (κ1) is 36.0. The van der Waals surface area contributed by atoms with Gasteiger partial charge in [0.15, 0.2) is 0 Å². The van der Waals surface area contributed by atoms with Gasteiger partial charge in [-0.2, -0.15) is 70.2 Å². The third kappa shape index (κ3) is 7.61. The van der Waals surface area contributed by atoms with E-state index in [-0.39, 0.29) is 4.90 Å². The summed E-state index contributed by atoms with van der Waals surface area (Å²) in [6, 6.07) is 0. The molecule has 0 radical (unpaired) electrons. The third-order valence-electron chi connectivity index (χ3n) is 3.98. The topological polar surface area (TPSA) is 66.5 Å². The standard InChI is InChI=1S/C14H8F19NO6/c15-6(7(16,17)18,5(35)34-1-3-36-4-2-34)37-8(19,20)9(21,22)38-10(23,24)11(25,26)39-12(27,28)13(29,30)40-14(31,32)33/h1-4H2. The van der Waals surface area contributed by atoms with E-state index in [1.54, 1.807) is 0 Å². The van der Waals surface area contributed by atoms with Crippen LogP contribution in [-0.4, -0.2) is 92.2 Å². The number of ether oxygens (including phenoxy) is 5. The number of hydrogen-bond donors (Lipinski definition) is 0. The Morgan fingerprint density at radius 2 is 0.800 bits per heavy atom. The number of hydrogen-bond acceptors (Lipinski definition) is 6. The lowest BCUT2D eigenvalue weighted by Crippen LogP contribution is -2.64. The molecule has 0 aromatic carbocycles. The molecule has 7 nitrogen and oxygen atoms in total. The zero-order chi connectivity index (χ0) is 32.0. The molecule has 1 atom stereocenters. The molecule has 1 unspecified atom stereocenters. The molecule has 1 fully saturated rings. The van der Waals surface area contributed by atoms with E-state index in [1.807, 2.05) is 0 Å². The molecule has 238 valence electrons. The molecule has 1 rings (SSSR count). The van der Waals surface area contributed by atoms with E-state index < -0.39 is 87.3 Å². The van der Waals surface area contributed by atoms with Crippen LogP contribution in [0.1, 0.15) is 0 Å². The van der Waals surface area contributed by atoms with E-state index >= 15 is 0 Å². The van der Waals surface area contributed by atoms with Crippen LogP contribution < -0.4 is 0 Å². The van der Waals surface area contributed by atoms with Crippen LogP contribution in [-0.2, 0) is 28.5 Å². The van der Waals surface area contributed by atoms with Crippen LogP contribution in [0.2, 0.25) is 0 Å². The van der Waals surface area contributed by atoms with Crippen LogP contribution in [0.25, 0.3) is 0 Å². The number of rotatable bonds is 11. The normalized spacial score (nSPS) is 19.0. The summed E-state index contributed by atoms with van der Waals surface area (Å²) in [5.74, 6) is -9.80. The Kier molecular flexibility index (Phi) is 9.57. The predicted octanol–water partition coefficient (Wildman–Crippen LogP) is 5.22. The smallest absolute Gasteiger partial charge is 0.378 e. The molecule has 1 heterocycles. The van der Waals surface area contributed by atoms with Gasteiger partial charge in [-0.25, -0.2) is 14.2 Å². The van der Waals surface area contributed by atoms with Gasteiger partial charge in [-0.05, 0) is 0 Å². The lowest BCUT2D eigenvalue weighted by atomic mass is 10.2. The monoisotopic (exact) mass is 647 g/mol. The van der Waals surface area contributed by atoms with Crippen molar-refractivity contribution in [1.29, 1.82) is 0 Å². The Hall–Kier alpha value is -2.06.